The Hall–Kier alpha value is -3.09. The molecule has 32 heavy (non-hydrogen) atoms. The van der Waals surface area contributed by atoms with Crippen molar-refractivity contribution in [2.24, 2.45) is 16.4 Å². The zero-order valence-electron chi connectivity index (χ0n) is 19.2. The second-order valence-corrected chi connectivity index (χ2v) is 9.50. The molecule has 2 heterocycles. The van der Waals surface area contributed by atoms with E-state index in [4.69, 9.17) is 14.3 Å². The van der Waals surface area contributed by atoms with Crippen LogP contribution < -0.4 is 5.43 Å². The minimum Gasteiger partial charge on any atom is -0.469 e. The minimum atomic E-state index is -0.198. The first-order valence-corrected chi connectivity index (χ1v) is 11.2. The Kier molecular flexibility index (Phi) is 6.09. The van der Waals surface area contributed by atoms with Gasteiger partial charge in [0.25, 0.3) is 5.91 Å². The van der Waals surface area contributed by atoms with Crippen molar-refractivity contribution in [3.05, 3.63) is 53.0 Å². The molecule has 1 amide bonds. The van der Waals surface area contributed by atoms with Gasteiger partial charge in [0.05, 0.1) is 24.4 Å². The van der Waals surface area contributed by atoms with Gasteiger partial charge in [-0.05, 0) is 43.7 Å². The number of esters is 1. The van der Waals surface area contributed by atoms with Gasteiger partial charge in [-0.1, -0.05) is 32.0 Å². The summed E-state index contributed by atoms with van der Waals surface area (Å²) in [6.07, 6.45) is 2.76. The average Bonchev–Trinajstić information content (AvgIpc) is 3.12. The Balaban J connectivity index is 1.58. The van der Waals surface area contributed by atoms with E-state index in [1.807, 2.05) is 37.3 Å². The maximum absolute atomic E-state index is 13.3. The van der Waals surface area contributed by atoms with Crippen molar-refractivity contribution >= 4 is 23.3 Å². The van der Waals surface area contributed by atoms with Gasteiger partial charge < -0.3 is 14.1 Å². The molecule has 7 heteroatoms. The highest BCUT2D eigenvalue weighted by Crippen LogP contribution is 2.39. The fourth-order valence-electron chi connectivity index (χ4n) is 4.69. The van der Waals surface area contributed by atoms with E-state index in [1.165, 1.54) is 7.11 Å². The molecule has 2 aromatic rings. The number of furan rings is 1. The summed E-state index contributed by atoms with van der Waals surface area (Å²) >= 11 is 0. The van der Waals surface area contributed by atoms with E-state index >= 15 is 0 Å². The van der Waals surface area contributed by atoms with Gasteiger partial charge in [-0.15, -0.1) is 0 Å². The Morgan fingerprint density at radius 2 is 1.84 bits per heavy atom. The Bertz CT molecular complexity index is 1030. The predicted octanol–water partition coefficient (Wildman–Crippen LogP) is 4.40. The van der Waals surface area contributed by atoms with E-state index in [2.05, 4.69) is 19.3 Å². The van der Waals surface area contributed by atoms with Crippen LogP contribution in [0, 0.1) is 18.3 Å². The molecule has 1 N–H and O–H groups in total. The summed E-state index contributed by atoms with van der Waals surface area (Å²) in [6, 6.07) is 9.82. The summed E-state index contributed by atoms with van der Waals surface area (Å²) in [5.41, 5.74) is 6.73. The number of methoxy groups -OCH3 is 1. The van der Waals surface area contributed by atoms with Crippen LogP contribution in [0.1, 0.15) is 60.6 Å². The highest BCUT2D eigenvalue weighted by atomic mass is 16.5. The fourth-order valence-corrected chi connectivity index (χ4v) is 4.69. The molecule has 0 spiro atoms. The van der Waals surface area contributed by atoms with Crippen molar-refractivity contribution in [3.8, 4) is 0 Å². The molecule has 1 fully saturated rings. The van der Waals surface area contributed by atoms with Gasteiger partial charge in [0, 0.05) is 30.6 Å². The fraction of sp³-hybridized carbons (Fsp3) is 0.480. The van der Waals surface area contributed by atoms with Gasteiger partial charge >= 0.3 is 5.97 Å². The number of ether oxygens (including phenoxy) is 1. The lowest BCUT2D eigenvalue weighted by atomic mass is 9.75. The second-order valence-electron chi connectivity index (χ2n) is 9.50. The van der Waals surface area contributed by atoms with Crippen LogP contribution in [-0.2, 0) is 16.0 Å². The molecule has 0 bridgehead atoms. The summed E-state index contributed by atoms with van der Waals surface area (Å²) in [5, 5.41) is 4.71. The number of piperidine rings is 1. The number of hydrazone groups is 1. The maximum Gasteiger partial charge on any atom is 0.308 e. The number of nitrogens with zero attached hydrogens (tertiary/aromatic N) is 2. The lowest BCUT2D eigenvalue weighted by molar-refractivity contribution is -0.146. The maximum atomic E-state index is 13.3. The molecule has 7 nitrogen and oxygen atoms in total. The number of carbonyl (C=O) groups is 2. The van der Waals surface area contributed by atoms with E-state index in [0.29, 0.717) is 31.7 Å². The third-order valence-electron chi connectivity index (χ3n) is 6.40. The van der Waals surface area contributed by atoms with E-state index in [9.17, 15) is 9.59 Å². The normalized spacial score (nSPS) is 19.5. The summed E-state index contributed by atoms with van der Waals surface area (Å²) in [5.74, 6) is 0.750. The van der Waals surface area contributed by atoms with Crippen LogP contribution in [0.4, 0.5) is 5.69 Å². The largest absolute Gasteiger partial charge is 0.469 e. The number of carbonyl (C=O) groups excluding carboxylic acids is 2. The number of hydrogen-bond donors (Lipinski definition) is 1. The van der Waals surface area contributed by atoms with Crippen molar-refractivity contribution in [3.63, 3.8) is 0 Å². The number of nitrogens with one attached hydrogen (secondary N) is 1. The molecule has 1 aliphatic carbocycles. The van der Waals surface area contributed by atoms with E-state index in [1.54, 1.807) is 4.90 Å². The number of hydrogen-bond acceptors (Lipinski definition) is 6. The highest BCUT2D eigenvalue weighted by Gasteiger charge is 2.37. The lowest BCUT2D eigenvalue weighted by Crippen LogP contribution is -2.40. The zero-order chi connectivity index (χ0) is 22.9. The van der Waals surface area contributed by atoms with E-state index in [0.717, 1.165) is 41.1 Å². The quantitative estimate of drug-likeness (QED) is 0.566. The molecule has 1 aliphatic heterocycles. The first kappa shape index (κ1) is 22.1. The van der Waals surface area contributed by atoms with Gasteiger partial charge in [-0.3, -0.25) is 15.0 Å². The first-order valence-electron chi connectivity index (χ1n) is 11.2. The summed E-state index contributed by atoms with van der Waals surface area (Å²) in [6.45, 7) is 7.35. The van der Waals surface area contributed by atoms with Crippen LogP contribution in [-0.4, -0.2) is 42.7 Å². The molecule has 1 aromatic carbocycles. The van der Waals surface area contributed by atoms with Crippen LogP contribution in [0.5, 0.6) is 0 Å². The Morgan fingerprint density at radius 1 is 1.16 bits per heavy atom. The monoisotopic (exact) mass is 437 g/mol. The molecule has 2 aliphatic rings. The predicted molar refractivity (Wildman–Crippen MR) is 123 cm³/mol. The number of likely N-dealkylation sites (tertiary alicyclic amines) is 1. The lowest BCUT2D eigenvalue weighted by Gasteiger charge is -2.30. The van der Waals surface area contributed by atoms with Crippen LogP contribution in [0.25, 0.3) is 0 Å². The SMILES string of the molecule is COC(=O)C1CCN(C(=O)c2oc3c(c2C)/C(=N\Nc2ccccc2)CC(C)(C)C3)CC1. The number of rotatable bonds is 4. The molecule has 170 valence electrons. The molecule has 4 rings (SSSR count). The number of anilines is 1. The number of fused-ring (bicyclic) bond motifs is 1. The molecule has 1 saturated heterocycles. The Morgan fingerprint density at radius 3 is 2.50 bits per heavy atom. The van der Waals surface area contributed by atoms with E-state index in [-0.39, 0.29) is 23.2 Å². The third kappa shape index (κ3) is 4.42. The van der Waals surface area contributed by atoms with Gasteiger partial charge in [-0.2, -0.15) is 5.10 Å². The summed E-state index contributed by atoms with van der Waals surface area (Å²) in [7, 11) is 1.41. The first-order chi connectivity index (χ1) is 15.3. The van der Waals surface area contributed by atoms with Crippen molar-refractivity contribution in [1.82, 2.24) is 4.90 Å². The van der Waals surface area contributed by atoms with Crippen molar-refractivity contribution in [2.75, 3.05) is 25.6 Å². The number of benzene rings is 1. The molecule has 0 saturated carbocycles. The van der Waals surface area contributed by atoms with Gasteiger partial charge in [0.1, 0.15) is 5.76 Å². The van der Waals surface area contributed by atoms with Crippen LogP contribution in [0.3, 0.4) is 0 Å². The standard InChI is InChI=1S/C25H31N3O4/c1-16-21-19(27-26-18-8-6-5-7-9-18)14-25(2,3)15-20(21)32-22(16)23(29)28-12-10-17(11-13-28)24(30)31-4/h5-9,17,26H,10-15H2,1-4H3/b27-19-. The van der Waals surface area contributed by atoms with Gasteiger partial charge in [0.2, 0.25) is 0 Å². The van der Waals surface area contributed by atoms with Crippen LogP contribution >= 0.6 is 0 Å². The van der Waals surface area contributed by atoms with Gasteiger partial charge in [-0.25, -0.2) is 0 Å². The summed E-state index contributed by atoms with van der Waals surface area (Å²) < 4.78 is 11.0. The molecule has 1 aromatic heterocycles. The van der Waals surface area contributed by atoms with Crippen LogP contribution in [0.15, 0.2) is 39.9 Å². The average molecular weight is 438 g/mol. The van der Waals surface area contributed by atoms with Gasteiger partial charge in [0.15, 0.2) is 5.76 Å². The second kappa shape index (κ2) is 8.81. The molecule has 0 radical (unpaired) electrons. The van der Waals surface area contributed by atoms with E-state index < -0.39 is 0 Å². The smallest absolute Gasteiger partial charge is 0.308 e. The number of amides is 1. The zero-order valence-corrected chi connectivity index (χ0v) is 19.2. The van der Waals surface area contributed by atoms with Crippen LogP contribution in [0.2, 0.25) is 0 Å². The molecule has 0 unspecified atom stereocenters. The Labute approximate surface area is 188 Å². The topological polar surface area (TPSA) is 84.1 Å². The minimum absolute atomic E-state index is 0.0202. The van der Waals surface area contributed by atoms with Crippen molar-refractivity contribution < 1.29 is 18.7 Å². The molecular weight excluding hydrogens is 406 g/mol. The third-order valence-corrected chi connectivity index (χ3v) is 6.40. The molecule has 0 atom stereocenters. The summed E-state index contributed by atoms with van der Waals surface area (Å²) in [4.78, 5) is 26.9. The molecular formula is C25H31N3O4. The highest BCUT2D eigenvalue weighted by molar-refractivity contribution is 6.07. The van der Waals surface area contributed by atoms with Crippen molar-refractivity contribution in [2.45, 2.75) is 46.5 Å². The number of para-hydroxylation sites is 1. The van der Waals surface area contributed by atoms with Crippen molar-refractivity contribution in [1.29, 1.82) is 0 Å².